The van der Waals surface area contributed by atoms with Crippen molar-refractivity contribution in [3.8, 4) is 6.07 Å². The number of halogens is 1. The molecule has 0 saturated heterocycles. The lowest BCUT2D eigenvalue weighted by molar-refractivity contribution is 0.189. The highest BCUT2D eigenvalue weighted by molar-refractivity contribution is 6.09. The zero-order valence-corrected chi connectivity index (χ0v) is 21.1. The monoisotopic (exact) mass is 458 g/mol. The Bertz CT molecular complexity index is 1180. The van der Waals surface area contributed by atoms with Crippen molar-refractivity contribution in [1.29, 1.82) is 10.7 Å². The van der Waals surface area contributed by atoms with Gasteiger partial charge in [-0.05, 0) is 67.0 Å². The first kappa shape index (κ1) is 25.2. The Morgan fingerprint density at radius 1 is 1.32 bits per heavy atom. The third-order valence-corrected chi connectivity index (χ3v) is 6.38. The van der Waals surface area contributed by atoms with E-state index in [0.29, 0.717) is 11.1 Å². The molecule has 0 spiro atoms. The Labute approximate surface area is 203 Å². The fourth-order valence-corrected chi connectivity index (χ4v) is 4.52. The largest absolute Gasteiger partial charge is 0.387 e. The Kier molecular flexibility index (Phi) is 6.75. The Morgan fingerprint density at radius 2 is 2.00 bits per heavy atom. The molecule has 0 amide bonds. The second kappa shape index (κ2) is 9.10. The molecule has 2 aliphatic rings. The lowest BCUT2D eigenvalue weighted by Gasteiger charge is -2.47. The lowest BCUT2D eigenvalue weighted by atomic mass is 9.75. The molecule has 1 atom stereocenters. The van der Waals surface area contributed by atoms with Gasteiger partial charge in [0.25, 0.3) is 0 Å². The Hall–Kier alpha value is -3.39. The third-order valence-electron chi connectivity index (χ3n) is 6.38. The van der Waals surface area contributed by atoms with E-state index in [1.807, 2.05) is 19.2 Å². The molecule has 1 aromatic rings. The number of nitriles is 1. The van der Waals surface area contributed by atoms with E-state index in [1.165, 1.54) is 25.6 Å². The van der Waals surface area contributed by atoms with Crippen molar-refractivity contribution in [3.63, 3.8) is 0 Å². The molecule has 4 nitrogen and oxygen atoms in total. The summed E-state index contributed by atoms with van der Waals surface area (Å²) in [5, 5.41) is 20.4. The van der Waals surface area contributed by atoms with Crippen LogP contribution in [-0.2, 0) is 6.42 Å². The van der Waals surface area contributed by atoms with E-state index in [0.717, 1.165) is 40.0 Å². The topological polar surface area (TPSA) is 62.9 Å². The normalized spacial score (nSPS) is 18.3. The van der Waals surface area contributed by atoms with E-state index in [2.05, 4.69) is 62.3 Å². The molecule has 178 valence electrons. The van der Waals surface area contributed by atoms with Crippen molar-refractivity contribution >= 4 is 17.5 Å². The molecule has 2 N–H and O–H groups in total. The molecule has 0 fully saturated rings. The van der Waals surface area contributed by atoms with Crippen LogP contribution in [0.25, 0.3) is 11.3 Å². The van der Waals surface area contributed by atoms with E-state index < -0.39 is 5.67 Å². The van der Waals surface area contributed by atoms with Gasteiger partial charge in [-0.1, -0.05) is 40.0 Å². The minimum Gasteiger partial charge on any atom is -0.387 e. The fraction of sp³-hybridized carbons (Fsp3) is 0.379. The molecule has 5 heteroatoms. The van der Waals surface area contributed by atoms with Crippen LogP contribution in [0.2, 0.25) is 0 Å². The summed E-state index contributed by atoms with van der Waals surface area (Å²) in [5.41, 5.74) is 6.69. The highest BCUT2D eigenvalue weighted by atomic mass is 19.1. The lowest BCUT2D eigenvalue weighted by Crippen LogP contribution is -2.45. The van der Waals surface area contributed by atoms with Crippen LogP contribution in [0.3, 0.4) is 0 Å². The highest BCUT2D eigenvalue weighted by Gasteiger charge is 2.38. The highest BCUT2D eigenvalue weighted by Crippen LogP contribution is 2.44. The van der Waals surface area contributed by atoms with Crippen LogP contribution in [0.5, 0.6) is 0 Å². The van der Waals surface area contributed by atoms with Crippen LogP contribution in [0, 0.1) is 29.1 Å². The van der Waals surface area contributed by atoms with Crippen LogP contribution in [0.15, 0.2) is 60.5 Å². The number of fused-ring (bicyclic) bond motifs is 3. The second-order valence-electron chi connectivity index (χ2n) is 10.8. The number of nitrogens with one attached hydrogen (secondary N) is 2. The second-order valence-corrected chi connectivity index (χ2v) is 10.8. The average molecular weight is 459 g/mol. The van der Waals surface area contributed by atoms with Crippen molar-refractivity contribution in [1.82, 2.24) is 10.2 Å². The summed E-state index contributed by atoms with van der Waals surface area (Å²) < 4.78 is 13.9. The minimum atomic E-state index is -1.34. The van der Waals surface area contributed by atoms with E-state index in [-0.39, 0.29) is 18.0 Å². The van der Waals surface area contributed by atoms with Gasteiger partial charge in [0.1, 0.15) is 5.67 Å². The zero-order chi connectivity index (χ0) is 25.4. The van der Waals surface area contributed by atoms with Crippen LogP contribution in [0.1, 0.15) is 56.9 Å². The van der Waals surface area contributed by atoms with E-state index in [1.54, 1.807) is 6.20 Å². The number of alkyl halides is 1. The number of allylic oxidation sites excluding steroid dienone is 5. The van der Waals surface area contributed by atoms with Gasteiger partial charge in [0.15, 0.2) is 0 Å². The minimum absolute atomic E-state index is 0.0371. The Morgan fingerprint density at radius 3 is 2.56 bits per heavy atom. The summed E-state index contributed by atoms with van der Waals surface area (Å²) in [4.78, 5) is 2.27. The van der Waals surface area contributed by atoms with Crippen molar-refractivity contribution in [3.05, 3.63) is 82.7 Å². The molecule has 0 aliphatic carbocycles. The van der Waals surface area contributed by atoms with Gasteiger partial charge in [-0.25, -0.2) is 4.39 Å². The number of nitrogens with zero attached hydrogens (tertiary/aromatic N) is 2. The van der Waals surface area contributed by atoms with Gasteiger partial charge < -0.3 is 15.6 Å². The molecule has 1 aromatic carbocycles. The predicted octanol–water partition coefficient (Wildman–Crippen LogP) is 6.47. The summed E-state index contributed by atoms with van der Waals surface area (Å²) >= 11 is 0. The molecule has 2 aliphatic heterocycles. The summed E-state index contributed by atoms with van der Waals surface area (Å²) in [7, 11) is 0. The first-order chi connectivity index (χ1) is 15.8. The van der Waals surface area contributed by atoms with Crippen LogP contribution in [-0.4, -0.2) is 29.4 Å². The molecule has 1 unspecified atom stereocenters. The van der Waals surface area contributed by atoms with Gasteiger partial charge in [0.2, 0.25) is 0 Å². The first-order valence-electron chi connectivity index (χ1n) is 11.5. The van der Waals surface area contributed by atoms with Crippen LogP contribution >= 0.6 is 0 Å². The standard InChI is InChI=1S/C29H35FN4/c1-18-9-24-21(11-23(18)22(14-32)15-33-17-29(7,8)30)12-27(28(4,5)6)34-16-25(20(3)13-31)19(2)10-26(24)34/h9-11,14-16,27,32-33H,2-3,12,17H2,1,4-8H3/b22-15+,32-14?. The van der Waals surface area contributed by atoms with Crippen molar-refractivity contribution in [2.45, 2.75) is 59.7 Å². The summed E-state index contributed by atoms with van der Waals surface area (Å²) in [6.45, 7) is 20.0. The molecule has 0 aromatic heterocycles. The molecular weight excluding hydrogens is 423 g/mol. The molecule has 0 bridgehead atoms. The number of aryl methyl sites for hydroxylation is 1. The van der Waals surface area contributed by atoms with E-state index in [4.69, 9.17) is 5.41 Å². The zero-order valence-electron chi connectivity index (χ0n) is 21.1. The number of hydrogen-bond donors (Lipinski definition) is 2. The van der Waals surface area contributed by atoms with Gasteiger partial charge in [-0.2, -0.15) is 5.26 Å². The molecule has 34 heavy (non-hydrogen) atoms. The number of benzene rings is 1. The average Bonchev–Trinajstić information content (AvgIpc) is 2.74. The maximum atomic E-state index is 13.9. The first-order valence-corrected chi connectivity index (χ1v) is 11.5. The smallest absolute Gasteiger partial charge is 0.122 e. The van der Waals surface area contributed by atoms with Crippen LogP contribution in [0.4, 0.5) is 4.39 Å². The maximum absolute atomic E-state index is 13.9. The number of hydrogen-bond acceptors (Lipinski definition) is 4. The molecular formula is C29H35FN4. The maximum Gasteiger partial charge on any atom is 0.122 e. The van der Waals surface area contributed by atoms with Crippen molar-refractivity contribution < 1.29 is 4.39 Å². The fourth-order valence-electron chi connectivity index (χ4n) is 4.52. The van der Waals surface area contributed by atoms with Crippen molar-refractivity contribution in [2.24, 2.45) is 5.41 Å². The van der Waals surface area contributed by atoms with Crippen molar-refractivity contribution in [2.75, 3.05) is 6.54 Å². The summed E-state index contributed by atoms with van der Waals surface area (Å²) in [6, 6.07) is 6.64. The molecule has 0 saturated carbocycles. The van der Waals surface area contributed by atoms with Gasteiger partial charge in [-0.15, -0.1) is 0 Å². The van der Waals surface area contributed by atoms with E-state index in [9.17, 15) is 9.65 Å². The third kappa shape index (κ3) is 5.07. The molecule has 2 heterocycles. The quantitative estimate of drug-likeness (QED) is 0.379. The summed E-state index contributed by atoms with van der Waals surface area (Å²) in [5.74, 6) is 0. The number of rotatable bonds is 6. The van der Waals surface area contributed by atoms with E-state index >= 15 is 0 Å². The van der Waals surface area contributed by atoms with Gasteiger partial charge >= 0.3 is 0 Å². The van der Waals surface area contributed by atoms with Gasteiger partial charge in [0, 0.05) is 53.6 Å². The van der Waals surface area contributed by atoms with Gasteiger partial charge in [0.05, 0.1) is 11.6 Å². The molecule has 0 radical (unpaired) electrons. The Balaban J connectivity index is 2.11. The molecule has 3 rings (SSSR count). The van der Waals surface area contributed by atoms with Crippen LogP contribution < -0.4 is 5.32 Å². The van der Waals surface area contributed by atoms with Gasteiger partial charge in [-0.3, -0.25) is 0 Å². The predicted molar refractivity (Wildman–Crippen MR) is 140 cm³/mol. The summed E-state index contributed by atoms with van der Waals surface area (Å²) in [6.07, 6.45) is 7.93. The SMILES string of the molecule is C=C(C#N)C1=CN2C(=CC1=C)c1cc(C)c(/C(C=N)=C/NCC(C)(C)F)cc1CC2C(C)(C)C.